The number of hydrogen-bond donors (Lipinski definition) is 0. The lowest BCUT2D eigenvalue weighted by molar-refractivity contribution is -0.140. The maximum Gasteiger partial charge on any atom is 0.416 e. The molecule has 1 aliphatic rings. The van der Waals surface area contributed by atoms with Gasteiger partial charge in [-0.1, -0.05) is 77.3 Å². The summed E-state index contributed by atoms with van der Waals surface area (Å²) < 4.78 is 56.9. The number of halogens is 4. The first-order chi connectivity index (χ1) is 28.6. The molecule has 63 heavy (non-hydrogen) atoms. The number of rotatable bonds is 13. The first-order valence-corrected chi connectivity index (χ1v) is 23.1. The highest BCUT2D eigenvalue weighted by atomic mass is 32.2. The van der Waals surface area contributed by atoms with Crippen LogP contribution in [0.4, 0.5) is 17.6 Å². The van der Waals surface area contributed by atoms with Crippen molar-refractivity contribution in [1.82, 2.24) is 19.4 Å². The number of hydrogen-bond acceptors (Lipinski definition) is 5. The number of benzene rings is 3. The van der Waals surface area contributed by atoms with Crippen molar-refractivity contribution >= 4 is 165 Å². The van der Waals surface area contributed by atoms with E-state index in [2.05, 4.69) is 123 Å². The van der Waals surface area contributed by atoms with Gasteiger partial charge in [-0.3, -0.25) is 9.59 Å². The first kappa shape index (κ1) is 51.1. The molecule has 5 rings (SSSR count). The number of amides is 1. The van der Waals surface area contributed by atoms with Crippen molar-refractivity contribution in [2.24, 2.45) is 0 Å². The van der Waals surface area contributed by atoms with Crippen LogP contribution in [0.2, 0.25) is 0 Å². The Balaban J connectivity index is 1.81. The largest absolute Gasteiger partial charge is 0.416 e. The Morgan fingerprint density at radius 1 is 0.746 bits per heavy atom. The zero-order chi connectivity index (χ0) is 47.8. The molecule has 6 nitrogen and oxygen atoms in total. The molecule has 1 amide bonds. The highest BCUT2D eigenvalue weighted by molar-refractivity contribution is 7.98. The van der Waals surface area contributed by atoms with Gasteiger partial charge in [-0.25, -0.2) is 4.39 Å². The maximum absolute atomic E-state index is 16.6. The van der Waals surface area contributed by atoms with Crippen molar-refractivity contribution in [3.63, 3.8) is 0 Å². The molecule has 0 saturated heterocycles. The summed E-state index contributed by atoms with van der Waals surface area (Å²) in [5.41, 5.74) is 7.63. The number of aromatic nitrogens is 2. The predicted molar refractivity (Wildman–Crippen MR) is 299 cm³/mol. The summed E-state index contributed by atoms with van der Waals surface area (Å²) in [6, 6.07) is 11.6. The van der Waals surface area contributed by atoms with Crippen LogP contribution in [0.5, 0.6) is 0 Å². The quantitative estimate of drug-likeness (QED) is 0.0580. The Morgan fingerprint density at radius 3 is 1.73 bits per heavy atom. The number of fused-ring (bicyclic) bond motifs is 1. The minimum absolute atomic E-state index is 0.155. The summed E-state index contributed by atoms with van der Waals surface area (Å²) in [4.78, 5) is 39.5. The molecule has 0 N–H and O–H groups in total. The molecule has 0 atom stereocenters. The number of thioether (sulfide) groups is 1. The smallest absolute Gasteiger partial charge is 0.358 e. The number of carbonyl (C=O) groups is 1. The topological polar surface area (TPSA) is 58.4 Å². The monoisotopic (exact) mass is 859 g/mol. The Morgan fingerprint density at radius 2 is 1.25 bits per heavy atom. The third kappa shape index (κ3) is 9.40. The van der Waals surface area contributed by atoms with Gasteiger partial charge < -0.3 is 14.4 Å². The SMILES string of the molecule is Bc1c(B)c(C(B)(B)N(C(=O)C(B)(B)n2c(SCc3ccc(F)cc3)nc(=O)c3c2CCC3)C(B)(B)C(B)(B)N(C(B)(B)C)C(B)(B)C)c(B)c(B)c1-c1ccc(C(F)(F)F)cc1. The van der Waals surface area contributed by atoms with Crippen LogP contribution in [0, 0.1) is 5.82 Å². The average molecular weight is 856 g/mol. The van der Waals surface area contributed by atoms with E-state index < -0.39 is 33.1 Å². The van der Waals surface area contributed by atoms with Gasteiger partial charge in [0, 0.05) is 22.3 Å². The van der Waals surface area contributed by atoms with Crippen LogP contribution in [0.15, 0.2) is 58.5 Å². The molecule has 312 valence electrons. The fourth-order valence-electron chi connectivity index (χ4n) is 11.3. The second-order valence-corrected chi connectivity index (χ2v) is 22.6. The highest BCUT2D eigenvalue weighted by Crippen LogP contribution is 2.40. The Hall–Kier alpha value is -2.92. The van der Waals surface area contributed by atoms with Crippen molar-refractivity contribution in [3.05, 3.63) is 92.6 Å². The molecule has 0 bridgehead atoms. The summed E-state index contributed by atoms with van der Waals surface area (Å²) in [5.74, 6) is -0.0759. The number of carbonyl (C=O) groups excluding carboxylic acids is 1. The standard InChI is InChI=1S/C36H54B16F4N4O2S/c1-30(41,42)60(31(2,43)44)36(51,52)35(49,50)59(32(45,46)22-25(39)23(37)21(24(38)26(22)40)16-8-10-17(11-9-16)34(54,55)56)28(62)33(47,48)58-20-5-3-4-19(20)27(61)57-29(58)63-14-15-6-12-18(53)13-7-15/h6-13H,3-5,14,37-52H2,1-2H3. The van der Waals surface area contributed by atoms with E-state index in [1.54, 1.807) is 24.3 Å². The molecule has 0 spiro atoms. The molecule has 27 heteroatoms. The summed E-state index contributed by atoms with van der Waals surface area (Å²) >= 11 is 1.37. The summed E-state index contributed by atoms with van der Waals surface area (Å²) in [5, 5.41) is -4.07. The Labute approximate surface area is 390 Å². The average Bonchev–Trinajstić information content (AvgIpc) is 3.62. The van der Waals surface area contributed by atoms with Gasteiger partial charge in [0.2, 0.25) is 5.91 Å². The second-order valence-electron chi connectivity index (χ2n) is 21.6. The molecule has 0 fully saturated rings. The molecule has 0 saturated carbocycles. The van der Waals surface area contributed by atoms with E-state index in [9.17, 15) is 22.4 Å². The predicted octanol–water partition coefficient (Wildman–Crippen LogP) is -12.3. The molecule has 0 aliphatic heterocycles. The maximum atomic E-state index is 16.6. The number of nitrogens with zero attached hydrogens (tertiary/aromatic N) is 4. The lowest BCUT2D eigenvalue weighted by atomic mass is 9.32. The van der Waals surface area contributed by atoms with Gasteiger partial charge in [0.1, 0.15) is 131 Å². The van der Waals surface area contributed by atoms with Gasteiger partial charge >= 0.3 is 6.18 Å². The summed E-state index contributed by atoms with van der Waals surface area (Å²) in [6.07, 6.45) is -2.48. The van der Waals surface area contributed by atoms with E-state index in [1.165, 1.54) is 23.9 Å². The van der Waals surface area contributed by atoms with E-state index in [0.717, 1.165) is 62.8 Å². The molecule has 3 aromatic carbocycles. The van der Waals surface area contributed by atoms with Crippen molar-refractivity contribution in [2.45, 2.75) is 82.2 Å². The molecule has 4 aromatic rings. The number of alkyl halides is 3. The van der Waals surface area contributed by atoms with Gasteiger partial charge in [0.05, 0.1) is 10.9 Å². The third-order valence-electron chi connectivity index (χ3n) is 13.9. The van der Waals surface area contributed by atoms with E-state index in [4.69, 9.17) is 0 Å². The van der Waals surface area contributed by atoms with E-state index in [1.807, 2.05) is 36.0 Å². The molecule has 0 radical (unpaired) electrons. The van der Waals surface area contributed by atoms with E-state index >= 15 is 4.79 Å². The van der Waals surface area contributed by atoms with Gasteiger partial charge in [-0.15, -0.1) is 0 Å². The lowest BCUT2D eigenvalue weighted by Crippen LogP contribution is -2.84. The molecular formula is C36H54B16F4N4O2S. The van der Waals surface area contributed by atoms with E-state index in [0.29, 0.717) is 34.9 Å². The second kappa shape index (κ2) is 17.4. The first-order valence-electron chi connectivity index (χ1n) is 22.1. The van der Waals surface area contributed by atoms with Crippen LogP contribution in [0.3, 0.4) is 0 Å². The molecule has 1 aromatic heterocycles. The van der Waals surface area contributed by atoms with Crippen LogP contribution in [-0.2, 0) is 40.2 Å². The van der Waals surface area contributed by atoms with Crippen molar-refractivity contribution in [2.75, 3.05) is 0 Å². The molecule has 1 aliphatic carbocycles. The van der Waals surface area contributed by atoms with Crippen LogP contribution in [0.1, 0.15) is 48.2 Å². The van der Waals surface area contributed by atoms with Gasteiger partial charge in [0.15, 0.2) is 5.16 Å². The highest BCUT2D eigenvalue weighted by Gasteiger charge is 2.57. The van der Waals surface area contributed by atoms with Crippen LogP contribution in [-0.4, -0.2) is 172 Å². The third-order valence-corrected chi connectivity index (χ3v) is 14.9. The summed E-state index contributed by atoms with van der Waals surface area (Å²) in [6.45, 7) is 4.41. The van der Waals surface area contributed by atoms with Crippen LogP contribution < -0.4 is 27.4 Å². The fraction of sp³-hybridized carbons (Fsp3) is 0.361. The van der Waals surface area contributed by atoms with Crippen molar-refractivity contribution in [1.29, 1.82) is 0 Å². The van der Waals surface area contributed by atoms with Crippen LogP contribution in [0.25, 0.3) is 11.1 Å². The van der Waals surface area contributed by atoms with Gasteiger partial charge in [-0.2, -0.15) is 18.2 Å². The summed E-state index contributed by atoms with van der Waals surface area (Å²) in [7, 11) is 33.8. The van der Waals surface area contributed by atoms with Crippen molar-refractivity contribution in [3.8, 4) is 11.1 Å². The normalized spacial score (nSPS) is 14.1. The molecular weight excluding hydrogens is 801 g/mol. The zero-order valence-corrected chi connectivity index (χ0v) is 41.8. The molecule has 1 heterocycles. The molecule has 0 unspecified atom stereocenters. The van der Waals surface area contributed by atoms with Crippen LogP contribution >= 0.6 is 11.8 Å². The Bertz CT molecular complexity index is 2430. The van der Waals surface area contributed by atoms with E-state index in [-0.39, 0.29) is 28.0 Å². The Kier molecular flexibility index (Phi) is 14.1. The van der Waals surface area contributed by atoms with Gasteiger partial charge in [-0.05, 0) is 81.6 Å². The van der Waals surface area contributed by atoms with Crippen molar-refractivity contribution < 1.29 is 22.4 Å². The fourth-order valence-corrected chi connectivity index (χ4v) is 12.4. The lowest BCUT2D eigenvalue weighted by Gasteiger charge is -2.67. The zero-order valence-electron chi connectivity index (χ0n) is 41.0. The minimum Gasteiger partial charge on any atom is -0.358 e. The van der Waals surface area contributed by atoms with Gasteiger partial charge in [0.25, 0.3) is 5.56 Å². The minimum atomic E-state index is -4.45.